The molecule has 1 atom stereocenters. The maximum absolute atomic E-state index is 12.5. The summed E-state index contributed by atoms with van der Waals surface area (Å²) in [6, 6.07) is 9.78. The van der Waals surface area contributed by atoms with Gasteiger partial charge in [0.2, 0.25) is 10.0 Å². The van der Waals surface area contributed by atoms with Crippen LogP contribution in [0.2, 0.25) is 0 Å². The van der Waals surface area contributed by atoms with Gasteiger partial charge in [0, 0.05) is 45.3 Å². The molecular weight excluding hydrogens is 432 g/mol. The van der Waals surface area contributed by atoms with E-state index in [4.69, 9.17) is 0 Å². The third-order valence-corrected chi connectivity index (χ3v) is 6.98. The van der Waals surface area contributed by atoms with Crippen LogP contribution < -0.4 is 10.6 Å². The Balaban J connectivity index is 1.23. The zero-order valence-corrected chi connectivity index (χ0v) is 18.8. The number of aliphatic hydroxyl groups is 1. The molecule has 0 radical (unpaired) electrons. The van der Waals surface area contributed by atoms with Gasteiger partial charge in [-0.05, 0) is 17.5 Å². The Morgan fingerprint density at radius 1 is 1.25 bits per heavy atom. The Labute approximate surface area is 187 Å². The Morgan fingerprint density at radius 2 is 2.00 bits per heavy atom. The lowest BCUT2D eigenvalue weighted by Crippen LogP contribution is -2.56. The number of fused-ring (bicyclic) bond motifs is 1. The summed E-state index contributed by atoms with van der Waals surface area (Å²) in [5.74, 6) is 0.0562. The highest BCUT2D eigenvalue weighted by molar-refractivity contribution is 7.88. The van der Waals surface area contributed by atoms with Crippen LogP contribution in [-0.4, -0.2) is 89.7 Å². The molecule has 0 bridgehead atoms. The summed E-state index contributed by atoms with van der Waals surface area (Å²) in [6.45, 7) is 2.98. The van der Waals surface area contributed by atoms with Gasteiger partial charge in [0.25, 0.3) is 5.91 Å². The van der Waals surface area contributed by atoms with Crippen LogP contribution >= 0.6 is 0 Å². The van der Waals surface area contributed by atoms with E-state index in [0.717, 1.165) is 19.5 Å². The molecule has 32 heavy (non-hydrogen) atoms. The molecule has 1 aromatic carbocycles. The molecule has 172 valence electrons. The van der Waals surface area contributed by atoms with E-state index in [9.17, 15) is 18.3 Å². The lowest BCUT2D eigenvalue weighted by molar-refractivity contribution is 0.0838. The normalized spacial score (nSPS) is 18.4. The monoisotopic (exact) mass is 460 g/mol. The fourth-order valence-corrected chi connectivity index (χ4v) is 4.84. The number of aromatic nitrogens is 2. The van der Waals surface area contributed by atoms with Crippen LogP contribution in [0.5, 0.6) is 0 Å². The average Bonchev–Trinajstić information content (AvgIpc) is 2.73. The molecule has 2 aromatic rings. The third kappa shape index (κ3) is 5.60. The molecule has 1 aromatic heterocycles. The van der Waals surface area contributed by atoms with Gasteiger partial charge < -0.3 is 15.7 Å². The summed E-state index contributed by atoms with van der Waals surface area (Å²) in [5.41, 5.74) is 2.81. The smallest absolute Gasteiger partial charge is 0.270 e. The van der Waals surface area contributed by atoms with Gasteiger partial charge in [-0.15, -0.1) is 0 Å². The molecule has 0 aliphatic carbocycles. The maximum atomic E-state index is 12.5. The van der Waals surface area contributed by atoms with E-state index in [2.05, 4.69) is 37.6 Å². The van der Waals surface area contributed by atoms with Gasteiger partial charge in [0.05, 0.1) is 18.4 Å². The van der Waals surface area contributed by atoms with Crippen molar-refractivity contribution in [2.75, 3.05) is 44.3 Å². The average molecular weight is 461 g/mol. The number of hydrogen-bond acceptors (Lipinski definition) is 8. The summed E-state index contributed by atoms with van der Waals surface area (Å²) in [5, 5.41) is 16.2. The van der Waals surface area contributed by atoms with E-state index in [1.807, 2.05) is 12.1 Å². The second-order valence-corrected chi connectivity index (χ2v) is 10.3. The van der Waals surface area contributed by atoms with Gasteiger partial charge in [-0.3, -0.25) is 9.69 Å². The van der Waals surface area contributed by atoms with Crippen molar-refractivity contribution in [3.05, 3.63) is 53.5 Å². The molecule has 3 heterocycles. The summed E-state index contributed by atoms with van der Waals surface area (Å²) < 4.78 is 24.3. The zero-order valence-electron chi connectivity index (χ0n) is 17.9. The number of hydrogen-bond donors (Lipinski definition) is 3. The molecule has 0 saturated carbocycles. The largest absolute Gasteiger partial charge is 0.390 e. The molecule has 10 nitrogen and oxygen atoms in total. The molecule has 3 N–H and O–H groups in total. The zero-order chi connectivity index (χ0) is 22.7. The van der Waals surface area contributed by atoms with Crippen molar-refractivity contribution in [1.29, 1.82) is 0 Å². The summed E-state index contributed by atoms with van der Waals surface area (Å²) in [6.07, 6.45) is 2.72. The van der Waals surface area contributed by atoms with Gasteiger partial charge >= 0.3 is 0 Å². The molecule has 2 aliphatic rings. The minimum atomic E-state index is -3.18. The van der Waals surface area contributed by atoms with Gasteiger partial charge in [0.1, 0.15) is 17.8 Å². The first-order valence-corrected chi connectivity index (χ1v) is 12.4. The molecule has 2 aliphatic heterocycles. The standard InChI is InChI=1S/C21H28N6O4S/c1-32(30,31)27-11-17(12-27)25-20-8-19(23-14-24-20)21(29)22-9-18(28)13-26-7-6-15-4-2-3-5-16(15)10-26/h2-5,8,14,17-18,28H,6-7,9-13H2,1H3,(H,22,29)(H,23,24,25). The SMILES string of the molecule is CS(=O)(=O)N1CC(Nc2cc(C(=O)NCC(O)CN3CCc4ccccc4C3)ncn2)C1. The lowest BCUT2D eigenvalue weighted by atomic mass is 10.00. The molecular formula is C21H28N6O4S. The van der Waals surface area contributed by atoms with Gasteiger partial charge in [0.15, 0.2) is 0 Å². The van der Waals surface area contributed by atoms with Crippen molar-refractivity contribution in [3.63, 3.8) is 0 Å². The summed E-state index contributed by atoms with van der Waals surface area (Å²) >= 11 is 0. The number of benzene rings is 1. The van der Waals surface area contributed by atoms with Crippen LogP contribution in [-0.2, 0) is 23.0 Å². The number of β-amino-alcohol motifs (C(OH)–C–C–N with tert-alkyl or cyclic N) is 1. The van der Waals surface area contributed by atoms with Crippen molar-refractivity contribution in [1.82, 2.24) is 24.5 Å². The van der Waals surface area contributed by atoms with Crippen molar-refractivity contribution in [2.24, 2.45) is 0 Å². The molecule has 1 fully saturated rings. The highest BCUT2D eigenvalue weighted by Crippen LogP contribution is 2.19. The number of sulfonamides is 1. The number of carbonyl (C=O) groups excluding carboxylic acids is 1. The minimum Gasteiger partial charge on any atom is -0.390 e. The topological polar surface area (TPSA) is 128 Å². The van der Waals surface area contributed by atoms with Gasteiger partial charge in [-0.2, -0.15) is 4.31 Å². The second kappa shape index (κ2) is 9.49. The minimum absolute atomic E-state index is 0.0629. The number of nitrogens with one attached hydrogen (secondary N) is 2. The molecule has 11 heteroatoms. The van der Waals surface area contributed by atoms with E-state index in [1.165, 1.54) is 34.1 Å². The second-order valence-electron chi connectivity index (χ2n) is 8.33. The van der Waals surface area contributed by atoms with E-state index in [1.54, 1.807) is 0 Å². The predicted octanol–water partition coefficient (Wildman–Crippen LogP) is -0.319. The first-order chi connectivity index (χ1) is 15.3. The molecule has 1 saturated heterocycles. The van der Waals surface area contributed by atoms with Crippen LogP contribution in [0.4, 0.5) is 5.82 Å². The molecule has 4 rings (SSSR count). The Bertz CT molecular complexity index is 1070. The fraction of sp³-hybridized carbons (Fsp3) is 0.476. The van der Waals surface area contributed by atoms with E-state index >= 15 is 0 Å². The van der Waals surface area contributed by atoms with Crippen molar-refractivity contribution in [2.45, 2.75) is 25.1 Å². The van der Waals surface area contributed by atoms with E-state index in [-0.39, 0.29) is 18.3 Å². The number of aliphatic hydroxyl groups excluding tert-OH is 1. The van der Waals surface area contributed by atoms with Crippen molar-refractivity contribution in [3.8, 4) is 0 Å². The highest BCUT2D eigenvalue weighted by Gasteiger charge is 2.33. The van der Waals surface area contributed by atoms with Gasteiger partial charge in [-0.25, -0.2) is 18.4 Å². The quantitative estimate of drug-likeness (QED) is 0.489. The van der Waals surface area contributed by atoms with E-state index < -0.39 is 22.0 Å². The number of rotatable bonds is 8. The Kier molecular flexibility index (Phi) is 6.70. The number of nitrogens with zero attached hydrogens (tertiary/aromatic N) is 4. The number of amides is 1. The van der Waals surface area contributed by atoms with Crippen LogP contribution in [0.15, 0.2) is 36.7 Å². The summed E-state index contributed by atoms with van der Waals surface area (Å²) in [7, 11) is -3.18. The first kappa shape index (κ1) is 22.6. The Morgan fingerprint density at radius 3 is 2.75 bits per heavy atom. The highest BCUT2D eigenvalue weighted by atomic mass is 32.2. The molecule has 0 spiro atoms. The van der Waals surface area contributed by atoms with Crippen LogP contribution in [0.1, 0.15) is 21.6 Å². The Hall–Kier alpha value is -2.60. The van der Waals surface area contributed by atoms with Crippen LogP contribution in [0.3, 0.4) is 0 Å². The van der Waals surface area contributed by atoms with Crippen LogP contribution in [0.25, 0.3) is 0 Å². The van der Waals surface area contributed by atoms with Crippen molar-refractivity contribution < 1.29 is 18.3 Å². The van der Waals surface area contributed by atoms with Crippen molar-refractivity contribution >= 4 is 21.7 Å². The molecule has 1 amide bonds. The van der Waals surface area contributed by atoms with Crippen LogP contribution in [0, 0.1) is 0 Å². The first-order valence-electron chi connectivity index (χ1n) is 10.6. The fourth-order valence-electron chi connectivity index (χ4n) is 3.94. The molecule has 1 unspecified atom stereocenters. The number of carbonyl (C=O) groups is 1. The van der Waals surface area contributed by atoms with E-state index in [0.29, 0.717) is 25.5 Å². The lowest BCUT2D eigenvalue weighted by Gasteiger charge is -2.37. The number of anilines is 1. The van der Waals surface area contributed by atoms with Gasteiger partial charge in [-0.1, -0.05) is 24.3 Å². The predicted molar refractivity (Wildman–Crippen MR) is 120 cm³/mol. The third-order valence-electron chi connectivity index (χ3n) is 5.75. The summed E-state index contributed by atoms with van der Waals surface area (Å²) in [4.78, 5) is 22.8. The maximum Gasteiger partial charge on any atom is 0.270 e.